The van der Waals surface area contributed by atoms with Gasteiger partial charge in [-0.25, -0.2) is 0 Å². The van der Waals surface area contributed by atoms with E-state index >= 15 is 0 Å². The number of rotatable bonds is 3. The molecule has 2 rings (SSSR count). The number of carbonyl (C=O) groups excluding carboxylic acids is 2. The molecule has 1 spiro atoms. The molecule has 0 radical (unpaired) electrons. The normalized spacial score (nSPS) is 36.4. The largest absolute Gasteiger partial charge is 0.391 e. The molecule has 4 atom stereocenters. The number of hydrogen-bond donors (Lipinski definition) is 3. The SMILES string of the molecule is CC1N([C@H](C(N)=O)[C@@H](C)O)CC12CCC(=O)N2. The Balaban J connectivity index is 2.08. The van der Waals surface area contributed by atoms with Crippen molar-refractivity contribution in [3.05, 3.63) is 0 Å². The van der Waals surface area contributed by atoms with Crippen LogP contribution in [0.4, 0.5) is 0 Å². The van der Waals surface area contributed by atoms with Crippen molar-refractivity contribution in [2.24, 2.45) is 5.73 Å². The van der Waals surface area contributed by atoms with Crippen molar-refractivity contribution in [1.29, 1.82) is 0 Å². The van der Waals surface area contributed by atoms with E-state index in [1.165, 1.54) is 0 Å². The van der Waals surface area contributed by atoms with E-state index < -0.39 is 18.1 Å². The van der Waals surface area contributed by atoms with Crippen LogP contribution in [-0.4, -0.2) is 52.1 Å². The summed E-state index contributed by atoms with van der Waals surface area (Å²) in [4.78, 5) is 24.5. The Bertz CT molecular complexity index is 358. The van der Waals surface area contributed by atoms with Gasteiger partial charge in [0.05, 0.1) is 11.6 Å². The predicted molar refractivity (Wildman–Crippen MR) is 60.9 cm³/mol. The summed E-state index contributed by atoms with van der Waals surface area (Å²) >= 11 is 0. The smallest absolute Gasteiger partial charge is 0.237 e. The molecule has 2 aliphatic rings. The molecular weight excluding hydrogens is 222 g/mol. The molecule has 4 N–H and O–H groups in total. The van der Waals surface area contributed by atoms with E-state index in [0.717, 1.165) is 6.42 Å². The lowest BCUT2D eigenvalue weighted by Crippen LogP contribution is -2.77. The van der Waals surface area contributed by atoms with Crippen LogP contribution in [-0.2, 0) is 9.59 Å². The van der Waals surface area contributed by atoms with Gasteiger partial charge in [0.15, 0.2) is 0 Å². The van der Waals surface area contributed by atoms with Crippen LogP contribution >= 0.6 is 0 Å². The molecule has 0 saturated carbocycles. The molecule has 2 saturated heterocycles. The number of nitrogens with one attached hydrogen (secondary N) is 1. The van der Waals surface area contributed by atoms with Crippen LogP contribution in [0, 0.1) is 0 Å². The molecular formula is C11H19N3O3. The van der Waals surface area contributed by atoms with Gasteiger partial charge in [-0.15, -0.1) is 0 Å². The molecule has 96 valence electrons. The van der Waals surface area contributed by atoms with Crippen molar-refractivity contribution in [2.45, 2.75) is 50.4 Å². The van der Waals surface area contributed by atoms with Gasteiger partial charge < -0.3 is 16.2 Å². The van der Waals surface area contributed by atoms with Crippen LogP contribution in [0.1, 0.15) is 26.7 Å². The Morgan fingerprint density at radius 2 is 2.35 bits per heavy atom. The van der Waals surface area contributed by atoms with Gasteiger partial charge in [-0.3, -0.25) is 14.5 Å². The second kappa shape index (κ2) is 3.96. The molecule has 0 aliphatic carbocycles. The van der Waals surface area contributed by atoms with Gasteiger partial charge in [0, 0.05) is 19.0 Å². The number of aliphatic hydroxyl groups is 1. The van der Waals surface area contributed by atoms with Crippen LogP contribution in [0.25, 0.3) is 0 Å². The van der Waals surface area contributed by atoms with E-state index in [9.17, 15) is 14.7 Å². The number of hydrogen-bond acceptors (Lipinski definition) is 4. The average Bonchev–Trinajstić information content (AvgIpc) is 2.61. The Hall–Kier alpha value is -1.14. The molecule has 6 heteroatoms. The topological polar surface area (TPSA) is 95.7 Å². The maximum absolute atomic E-state index is 11.3. The highest BCUT2D eigenvalue weighted by Crippen LogP contribution is 2.38. The first kappa shape index (κ1) is 12.3. The van der Waals surface area contributed by atoms with E-state index in [0.29, 0.717) is 13.0 Å². The van der Waals surface area contributed by atoms with Crippen molar-refractivity contribution < 1.29 is 14.7 Å². The van der Waals surface area contributed by atoms with Crippen molar-refractivity contribution in [3.63, 3.8) is 0 Å². The third kappa shape index (κ3) is 1.81. The zero-order valence-electron chi connectivity index (χ0n) is 10.1. The van der Waals surface area contributed by atoms with Crippen LogP contribution in [0.2, 0.25) is 0 Å². The molecule has 0 bridgehead atoms. The van der Waals surface area contributed by atoms with Gasteiger partial charge in [-0.2, -0.15) is 0 Å². The molecule has 2 unspecified atom stereocenters. The van der Waals surface area contributed by atoms with Crippen LogP contribution in [0.15, 0.2) is 0 Å². The summed E-state index contributed by atoms with van der Waals surface area (Å²) in [7, 11) is 0. The number of aliphatic hydroxyl groups excluding tert-OH is 1. The first-order chi connectivity index (χ1) is 7.87. The Labute approximate surface area is 100 Å². The van der Waals surface area contributed by atoms with E-state index in [2.05, 4.69) is 5.32 Å². The zero-order valence-corrected chi connectivity index (χ0v) is 10.1. The zero-order chi connectivity index (χ0) is 12.8. The maximum Gasteiger partial charge on any atom is 0.237 e. The van der Waals surface area contributed by atoms with Gasteiger partial charge in [0.2, 0.25) is 11.8 Å². The molecule has 0 aromatic rings. The third-order valence-electron chi connectivity index (χ3n) is 4.05. The van der Waals surface area contributed by atoms with Gasteiger partial charge in [0.1, 0.15) is 6.04 Å². The minimum Gasteiger partial charge on any atom is -0.391 e. The maximum atomic E-state index is 11.3. The molecule has 2 heterocycles. The molecule has 2 amide bonds. The molecule has 0 aromatic heterocycles. The Morgan fingerprint density at radius 3 is 2.71 bits per heavy atom. The predicted octanol–water partition coefficient (Wildman–Crippen LogP) is -1.43. The quantitative estimate of drug-likeness (QED) is 0.564. The molecule has 17 heavy (non-hydrogen) atoms. The second-order valence-corrected chi connectivity index (χ2v) is 5.14. The first-order valence-corrected chi connectivity index (χ1v) is 5.91. The fraction of sp³-hybridized carbons (Fsp3) is 0.818. The lowest BCUT2D eigenvalue weighted by molar-refractivity contribution is -0.139. The van der Waals surface area contributed by atoms with E-state index in [-0.39, 0.29) is 17.5 Å². The average molecular weight is 241 g/mol. The number of carbonyl (C=O) groups is 2. The van der Waals surface area contributed by atoms with Crippen LogP contribution in [0.3, 0.4) is 0 Å². The summed E-state index contributed by atoms with van der Waals surface area (Å²) in [6.45, 7) is 4.09. The highest BCUT2D eigenvalue weighted by Gasteiger charge is 2.56. The first-order valence-electron chi connectivity index (χ1n) is 5.91. The number of likely N-dealkylation sites (tertiary alicyclic amines) is 1. The summed E-state index contributed by atoms with van der Waals surface area (Å²) in [6.07, 6.45) is 0.521. The highest BCUT2D eigenvalue weighted by atomic mass is 16.3. The molecule has 0 aromatic carbocycles. The number of amides is 2. The highest BCUT2D eigenvalue weighted by molar-refractivity contribution is 5.82. The van der Waals surface area contributed by atoms with Gasteiger partial charge >= 0.3 is 0 Å². The summed E-state index contributed by atoms with van der Waals surface area (Å²) in [6, 6.07) is -0.644. The molecule has 2 aliphatic heterocycles. The monoisotopic (exact) mass is 241 g/mol. The van der Waals surface area contributed by atoms with E-state index in [1.54, 1.807) is 6.92 Å². The van der Waals surface area contributed by atoms with Crippen molar-refractivity contribution in [3.8, 4) is 0 Å². The van der Waals surface area contributed by atoms with Gasteiger partial charge in [-0.05, 0) is 20.3 Å². The third-order valence-corrected chi connectivity index (χ3v) is 4.05. The van der Waals surface area contributed by atoms with Crippen LogP contribution < -0.4 is 11.1 Å². The standard InChI is InChI=1S/C11H19N3O3/c1-6(15)9(10(12)17)14-5-11(7(14)2)4-3-8(16)13-11/h6-7,9,15H,3-5H2,1-2H3,(H2,12,17)(H,13,16)/t6-,7?,9+,11?/m1/s1. The van der Waals surface area contributed by atoms with E-state index in [4.69, 9.17) is 5.73 Å². The van der Waals surface area contributed by atoms with Crippen LogP contribution in [0.5, 0.6) is 0 Å². The Kier molecular flexibility index (Phi) is 2.87. The van der Waals surface area contributed by atoms with Crippen molar-refractivity contribution >= 4 is 11.8 Å². The fourth-order valence-corrected chi connectivity index (χ4v) is 2.99. The van der Waals surface area contributed by atoms with Gasteiger partial charge in [0.25, 0.3) is 0 Å². The second-order valence-electron chi connectivity index (χ2n) is 5.14. The number of nitrogens with two attached hydrogens (primary N) is 1. The Morgan fingerprint density at radius 1 is 1.71 bits per heavy atom. The summed E-state index contributed by atoms with van der Waals surface area (Å²) in [5.74, 6) is -0.463. The van der Waals surface area contributed by atoms with Crippen molar-refractivity contribution in [1.82, 2.24) is 10.2 Å². The van der Waals surface area contributed by atoms with Crippen molar-refractivity contribution in [2.75, 3.05) is 6.54 Å². The lowest BCUT2D eigenvalue weighted by Gasteiger charge is -2.57. The van der Waals surface area contributed by atoms with E-state index in [1.807, 2.05) is 11.8 Å². The summed E-state index contributed by atoms with van der Waals surface area (Å²) in [5.41, 5.74) is 5.07. The fourth-order valence-electron chi connectivity index (χ4n) is 2.99. The summed E-state index contributed by atoms with van der Waals surface area (Å²) < 4.78 is 0. The molecule has 6 nitrogen and oxygen atoms in total. The molecule has 2 fully saturated rings. The number of primary amides is 1. The summed E-state index contributed by atoms with van der Waals surface area (Å²) in [5, 5.41) is 12.6. The minimum absolute atomic E-state index is 0.0287. The van der Waals surface area contributed by atoms with Gasteiger partial charge in [-0.1, -0.05) is 0 Å². The number of nitrogens with zero attached hydrogens (tertiary/aromatic N) is 1. The lowest BCUT2D eigenvalue weighted by atomic mass is 9.78. The minimum atomic E-state index is -0.801.